The minimum absolute atomic E-state index is 0.156. The normalized spacial score (nSPS) is 17.4. The first-order valence-corrected chi connectivity index (χ1v) is 6.23. The van der Waals surface area contributed by atoms with Crippen molar-refractivity contribution in [1.82, 2.24) is 14.8 Å². The minimum Gasteiger partial charge on any atom is -0.352 e. The fourth-order valence-electron chi connectivity index (χ4n) is 1.63. The highest BCUT2D eigenvalue weighted by molar-refractivity contribution is 7.13. The van der Waals surface area contributed by atoms with E-state index in [9.17, 15) is 4.79 Å². The lowest BCUT2D eigenvalue weighted by Gasteiger charge is -2.32. The molecule has 1 fully saturated rings. The van der Waals surface area contributed by atoms with Crippen molar-refractivity contribution in [3.63, 3.8) is 0 Å². The number of rotatable bonds is 3. The highest BCUT2D eigenvalue weighted by atomic mass is 32.1. The van der Waals surface area contributed by atoms with Crippen LogP contribution >= 0.6 is 11.3 Å². The van der Waals surface area contributed by atoms with Gasteiger partial charge in [0, 0.05) is 37.8 Å². The predicted molar refractivity (Wildman–Crippen MR) is 64.7 cm³/mol. The molecule has 0 atom stereocenters. The summed E-state index contributed by atoms with van der Waals surface area (Å²) in [6.45, 7) is 3.92. The molecule has 1 aromatic rings. The van der Waals surface area contributed by atoms with Crippen LogP contribution in [-0.2, 0) is 4.79 Å². The SMILES string of the molecule is CN1CCN(C(=O)CNc2nccs2)CC1. The molecule has 6 heteroatoms. The number of carbonyl (C=O) groups excluding carboxylic acids is 1. The molecule has 0 radical (unpaired) electrons. The van der Waals surface area contributed by atoms with E-state index in [1.165, 1.54) is 11.3 Å². The van der Waals surface area contributed by atoms with E-state index in [1.807, 2.05) is 10.3 Å². The Morgan fingerprint density at radius 2 is 2.25 bits per heavy atom. The van der Waals surface area contributed by atoms with Crippen molar-refractivity contribution >= 4 is 22.4 Å². The Hall–Kier alpha value is -1.14. The summed E-state index contributed by atoms with van der Waals surface area (Å²) in [6, 6.07) is 0. The molecule has 2 rings (SSSR count). The van der Waals surface area contributed by atoms with Crippen LogP contribution in [0.1, 0.15) is 0 Å². The minimum atomic E-state index is 0.156. The lowest BCUT2D eigenvalue weighted by Crippen LogP contribution is -2.48. The Morgan fingerprint density at radius 3 is 2.88 bits per heavy atom. The van der Waals surface area contributed by atoms with Crippen LogP contribution in [-0.4, -0.2) is 60.5 Å². The van der Waals surface area contributed by atoms with Gasteiger partial charge in [-0.25, -0.2) is 4.98 Å². The fourth-order valence-corrected chi connectivity index (χ4v) is 2.16. The molecule has 1 aliphatic heterocycles. The topological polar surface area (TPSA) is 48.5 Å². The molecule has 0 spiro atoms. The summed E-state index contributed by atoms with van der Waals surface area (Å²) < 4.78 is 0. The number of amides is 1. The number of nitrogens with one attached hydrogen (secondary N) is 1. The van der Waals surface area contributed by atoms with Gasteiger partial charge in [-0.15, -0.1) is 11.3 Å². The van der Waals surface area contributed by atoms with Crippen LogP contribution in [0.2, 0.25) is 0 Å². The van der Waals surface area contributed by atoms with Crippen molar-refractivity contribution in [2.24, 2.45) is 0 Å². The number of hydrogen-bond acceptors (Lipinski definition) is 5. The Morgan fingerprint density at radius 1 is 1.50 bits per heavy atom. The molecule has 88 valence electrons. The van der Waals surface area contributed by atoms with Gasteiger partial charge in [0.2, 0.25) is 5.91 Å². The van der Waals surface area contributed by atoms with E-state index in [0.717, 1.165) is 31.3 Å². The third-order valence-electron chi connectivity index (χ3n) is 2.68. The van der Waals surface area contributed by atoms with E-state index in [1.54, 1.807) is 6.20 Å². The Balaban J connectivity index is 1.75. The molecule has 1 aliphatic rings. The van der Waals surface area contributed by atoms with Crippen LogP contribution in [0.15, 0.2) is 11.6 Å². The monoisotopic (exact) mass is 240 g/mol. The van der Waals surface area contributed by atoms with Gasteiger partial charge in [0.05, 0.1) is 6.54 Å². The molecule has 1 saturated heterocycles. The summed E-state index contributed by atoms with van der Waals surface area (Å²) in [5.74, 6) is 0.156. The maximum absolute atomic E-state index is 11.8. The molecule has 5 nitrogen and oxygen atoms in total. The number of likely N-dealkylation sites (N-methyl/N-ethyl adjacent to an activating group) is 1. The molecule has 0 bridgehead atoms. The van der Waals surface area contributed by atoms with Crippen LogP contribution in [0.3, 0.4) is 0 Å². The average Bonchev–Trinajstić information content (AvgIpc) is 2.80. The molecule has 1 N–H and O–H groups in total. The molecule has 16 heavy (non-hydrogen) atoms. The summed E-state index contributed by atoms with van der Waals surface area (Å²) >= 11 is 1.51. The van der Waals surface area contributed by atoms with Crippen molar-refractivity contribution in [1.29, 1.82) is 0 Å². The molecule has 0 saturated carbocycles. The highest BCUT2D eigenvalue weighted by Crippen LogP contribution is 2.09. The lowest BCUT2D eigenvalue weighted by molar-refractivity contribution is -0.130. The summed E-state index contributed by atoms with van der Waals surface area (Å²) in [5.41, 5.74) is 0. The third kappa shape index (κ3) is 2.93. The Bertz CT molecular complexity index is 333. The highest BCUT2D eigenvalue weighted by Gasteiger charge is 2.18. The molecule has 1 amide bonds. The smallest absolute Gasteiger partial charge is 0.242 e. The van der Waals surface area contributed by atoms with Crippen LogP contribution in [0, 0.1) is 0 Å². The molecule has 0 aromatic carbocycles. The third-order valence-corrected chi connectivity index (χ3v) is 3.41. The van der Waals surface area contributed by atoms with Crippen LogP contribution in [0.4, 0.5) is 5.13 Å². The Labute approximate surface area is 99.1 Å². The zero-order valence-electron chi connectivity index (χ0n) is 9.35. The second-order valence-corrected chi connectivity index (χ2v) is 4.77. The van der Waals surface area contributed by atoms with Crippen molar-refractivity contribution in [3.8, 4) is 0 Å². The maximum Gasteiger partial charge on any atom is 0.242 e. The first-order chi connectivity index (χ1) is 7.75. The number of thiazole rings is 1. The first-order valence-electron chi connectivity index (χ1n) is 5.35. The Kier molecular flexibility index (Phi) is 3.74. The molecular formula is C10H16N4OS. The van der Waals surface area contributed by atoms with Gasteiger partial charge < -0.3 is 15.1 Å². The summed E-state index contributed by atoms with van der Waals surface area (Å²) in [4.78, 5) is 20.0. The van der Waals surface area contributed by atoms with Crippen LogP contribution in [0.5, 0.6) is 0 Å². The van der Waals surface area contributed by atoms with Crippen molar-refractivity contribution in [3.05, 3.63) is 11.6 Å². The van der Waals surface area contributed by atoms with Crippen molar-refractivity contribution in [2.75, 3.05) is 45.1 Å². The average molecular weight is 240 g/mol. The lowest BCUT2D eigenvalue weighted by atomic mass is 10.3. The van der Waals surface area contributed by atoms with Crippen LogP contribution in [0.25, 0.3) is 0 Å². The van der Waals surface area contributed by atoms with Gasteiger partial charge in [-0.05, 0) is 7.05 Å². The van der Waals surface area contributed by atoms with Gasteiger partial charge in [-0.1, -0.05) is 0 Å². The number of anilines is 1. The van der Waals surface area contributed by atoms with E-state index in [-0.39, 0.29) is 5.91 Å². The fraction of sp³-hybridized carbons (Fsp3) is 0.600. The van der Waals surface area contributed by atoms with Gasteiger partial charge in [0.25, 0.3) is 0 Å². The first kappa shape index (κ1) is 11.3. The molecule has 2 heterocycles. The molecular weight excluding hydrogens is 224 g/mol. The van der Waals surface area contributed by atoms with Gasteiger partial charge in [0.15, 0.2) is 5.13 Å². The standard InChI is InChI=1S/C10H16N4OS/c1-13-3-5-14(6-4-13)9(15)8-12-10-11-2-7-16-10/h2,7H,3-6,8H2,1H3,(H,11,12). The maximum atomic E-state index is 11.8. The number of nitrogens with zero attached hydrogens (tertiary/aromatic N) is 3. The quantitative estimate of drug-likeness (QED) is 0.827. The van der Waals surface area contributed by atoms with E-state index < -0.39 is 0 Å². The second kappa shape index (κ2) is 5.27. The molecule has 0 unspecified atom stereocenters. The van der Waals surface area contributed by atoms with E-state index in [4.69, 9.17) is 0 Å². The largest absolute Gasteiger partial charge is 0.352 e. The molecule has 0 aliphatic carbocycles. The summed E-state index contributed by atoms with van der Waals surface area (Å²) in [6.07, 6.45) is 1.73. The predicted octanol–water partition coefficient (Wildman–Crippen LogP) is 0.329. The van der Waals surface area contributed by atoms with E-state index >= 15 is 0 Å². The van der Waals surface area contributed by atoms with E-state index in [0.29, 0.717) is 6.54 Å². The van der Waals surface area contributed by atoms with Gasteiger partial charge in [0.1, 0.15) is 0 Å². The number of piperazine rings is 1. The van der Waals surface area contributed by atoms with Crippen molar-refractivity contribution < 1.29 is 4.79 Å². The van der Waals surface area contributed by atoms with Gasteiger partial charge in [-0.3, -0.25) is 4.79 Å². The van der Waals surface area contributed by atoms with Crippen LogP contribution < -0.4 is 5.32 Å². The number of carbonyl (C=O) groups is 1. The van der Waals surface area contributed by atoms with Gasteiger partial charge in [-0.2, -0.15) is 0 Å². The zero-order chi connectivity index (χ0) is 11.4. The van der Waals surface area contributed by atoms with E-state index in [2.05, 4.69) is 22.2 Å². The van der Waals surface area contributed by atoms with Crippen molar-refractivity contribution in [2.45, 2.75) is 0 Å². The summed E-state index contributed by atoms with van der Waals surface area (Å²) in [5, 5.41) is 5.73. The zero-order valence-corrected chi connectivity index (χ0v) is 10.2. The molecule has 1 aromatic heterocycles. The number of aromatic nitrogens is 1. The summed E-state index contributed by atoms with van der Waals surface area (Å²) in [7, 11) is 2.08. The van der Waals surface area contributed by atoms with Gasteiger partial charge >= 0.3 is 0 Å². The second-order valence-electron chi connectivity index (χ2n) is 3.87. The number of hydrogen-bond donors (Lipinski definition) is 1.